The van der Waals surface area contributed by atoms with Gasteiger partial charge in [0.1, 0.15) is 13.2 Å². The van der Waals surface area contributed by atoms with E-state index in [1.54, 1.807) is 0 Å². The van der Waals surface area contributed by atoms with Gasteiger partial charge in [-0.3, -0.25) is 14.4 Å². The second kappa shape index (κ2) is 68.6. The van der Waals surface area contributed by atoms with Crippen molar-refractivity contribution in [1.82, 2.24) is 0 Å². The zero-order valence-corrected chi connectivity index (χ0v) is 53.9. The summed E-state index contributed by atoms with van der Waals surface area (Å²) in [5.41, 5.74) is 0. The number of carbonyl (C=O) groups is 3. The van der Waals surface area contributed by atoms with E-state index in [1.807, 2.05) is 0 Å². The van der Waals surface area contributed by atoms with E-state index in [0.29, 0.717) is 19.3 Å². The van der Waals surface area contributed by atoms with Crippen molar-refractivity contribution in [2.75, 3.05) is 13.2 Å². The van der Waals surface area contributed by atoms with E-state index in [1.165, 1.54) is 321 Å². The summed E-state index contributed by atoms with van der Waals surface area (Å²) in [7, 11) is 0. The first-order valence-electron chi connectivity index (χ1n) is 36.2. The van der Waals surface area contributed by atoms with Gasteiger partial charge in [-0.25, -0.2) is 0 Å². The molecule has 0 aliphatic rings. The lowest BCUT2D eigenvalue weighted by Gasteiger charge is -2.18. The van der Waals surface area contributed by atoms with Crippen LogP contribution in [0.3, 0.4) is 0 Å². The topological polar surface area (TPSA) is 78.9 Å². The number of hydrogen-bond acceptors (Lipinski definition) is 6. The van der Waals surface area contributed by atoms with Gasteiger partial charge < -0.3 is 14.2 Å². The number of esters is 3. The predicted molar refractivity (Wildman–Crippen MR) is 344 cm³/mol. The average molecular weight is 1110 g/mol. The quantitative estimate of drug-likeness (QED) is 0.0261. The minimum Gasteiger partial charge on any atom is -0.462 e. The molecule has 0 bridgehead atoms. The first-order valence-corrected chi connectivity index (χ1v) is 36.2. The van der Waals surface area contributed by atoms with Gasteiger partial charge in [-0.1, -0.05) is 367 Å². The molecule has 0 aromatic heterocycles. The largest absolute Gasteiger partial charge is 0.462 e. The third-order valence-electron chi connectivity index (χ3n) is 16.8. The Bertz CT molecular complexity index is 1230. The molecule has 1 unspecified atom stereocenters. The Morgan fingerprint density at radius 2 is 0.418 bits per heavy atom. The van der Waals surface area contributed by atoms with Crippen LogP contribution in [0.2, 0.25) is 0 Å². The maximum atomic E-state index is 13.0. The molecule has 0 aromatic rings. The molecule has 6 heteroatoms. The maximum Gasteiger partial charge on any atom is 0.306 e. The summed E-state index contributed by atoms with van der Waals surface area (Å²) < 4.78 is 17.0. The summed E-state index contributed by atoms with van der Waals surface area (Å²) in [5, 5.41) is 0. The molecule has 1 atom stereocenters. The maximum absolute atomic E-state index is 13.0. The van der Waals surface area contributed by atoms with Crippen molar-refractivity contribution in [2.24, 2.45) is 0 Å². The molecule has 0 saturated carbocycles. The summed E-state index contributed by atoms with van der Waals surface area (Å²) in [6, 6.07) is 0. The molecule has 0 rings (SSSR count). The van der Waals surface area contributed by atoms with Crippen LogP contribution in [0.15, 0.2) is 12.2 Å². The lowest BCUT2D eigenvalue weighted by Crippen LogP contribution is -2.30. The molecule has 6 nitrogen and oxygen atoms in total. The Labute approximate surface area is 494 Å². The second-order valence-corrected chi connectivity index (χ2v) is 24.9. The van der Waals surface area contributed by atoms with Gasteiger partial charge in [0.25, 0.3) is 0 Å². The summed E-state index contributed by atoms with van der Waals surface area (Å²) in [4.78, 5) is 38.4. The minimum absolute atomic E-state index is 0.0626. The van der Waals surface area contributed by atoms with Gasteiger partial charge in [0, 0.05) is 19.3 Å². The molecule has 0 spiro atoms. The Balaban J connectivity index is 4.17. The molecule has 0 aromatic carbocycles. The van der Waals surface area contributed by atoms with Gasteiger partial charge >= 0.3 is 17.9 Å². The smallest absolute Gasteiger partial charge is 0.306 e. The number of unbranched alkanes of at least 4 members (excludes halogenated alkanes) is 55. The zero-order valence-electron chi connectivity index (χ0n) is 53.9. The number of hydrogen-bond donors (Lipinski definition) is 0. The van der Waals surface area contributed by atoms with Crippen molar-refractivity contribution in [3.63, 3.8) is 0 Å². The van der Waals surface area contributed by atoms with Crippen LogP contribution in [0.4, 0.5) is 0 Å². The zero-order chi connectivity index (χ0) is 57.1. The van der Waals surface area contributed by atoms with Crippen molar-refractivity contribution in [1.29, 1.82) is 0 Å². The van der Waals surface area contributed by atoms with Gasteiger partial charge in [0.15, 0.2) is 6.10 Å². The monoisotopic (exact) mass is 1110 g/mol. The minimum atomic E-state index is -0.766. The van der Waals surface area contributed by atoms with Crippen molar-refractivity contribution in [3.8, 4) is 0 Å². The van der Waals surface area contributed by atoms with E-state index in [0.717, 1.165) is 57.8 Å². The van der Waals surface area contributed by atoms with Gasteiger partial charge in [-0.2, -0.15) is 0 Å². The second-order valence-electron chi connectivity index (χ2n) is 24.9. The fourth-order valence-electron chi connectivity index (χ4n) is 11.3. The SMILES string of the molecule is CCCCCCCCCC/C=C\CCCCCCCCCCCCCCCC(=O)OCC(COC(=O)CCCCCCCCCCCCCC)OC(=O)CCCCCCCCCCCCCCCCCCCCCCCCCC. The lowest BCUT2D eigenvalue weighted by atomic mass is 10.0. The summed E-state index contributed by atoms with van der Waals surface area (Å²) in [6.45, 7) is 6.73. The van der Waals surface area contributed by atoms with Crippen LogP contribution in [0.25, 0.3) is 0 Å². The molecule has 0 saturated heterocycles. The number of ether oxygens (including phenoxy) is 3. The highest BCUT2D eigenvalue weighted by Crippen LogP contribution is 2.19. The molecule has 0 radical (unpaired) electrons. The van der Waals surface area contributed by atoms with Crippen molar-refractivity contribution in [2.45, 2.75) is 425 Å². The third kappa shape index (κ3) is 66.8. The summed E-state index contributed by atoms with van der Waals surface area (Å²) >= 11 is 0. The lowest BCUT2D eigenvalue weighted by molar-refractivity contribution is -0.167. The van der Waals surface area contributed by atoms with Crippen LogP contribution >= 0.6 is 0 Å². The van der Waals surface area contributed by atoms with Gasteiger partial charge in [-0.05, 0) is 44.9 Å². The van der Waals surface area contributed by atoms with Crippen LogP contribution in [0.5, 0.6) is 0 Å². The van der Waals surface area contributed by atoms with E-state index < -0.39 is 6.10 Å². The van der Waals surface area contributed by atoms with E-state index in [4.69, 9.17) is 14.2 Å². The van der Waals surface area contributed by atoms with E-state index in [2.05, 4.69) is 32.9 Å². The molecule has 0 heterocycles. The molecule has 0 aliphatic heterocycles. The molecule has 468 valence electrons. The van der Waals surface area contributed by atoms with Crippen LogP contribution in [-0.4, -0.2) is 37.2 Å². The van der Waals surface area contributed by atoms with Crippen LogP contribution < -0.4 is 0 Å². The number of allylic oxidation sites excluding steroid dienone is 2. The Kier molecular flexibility index (Phi) is 67.0. The van der Waals surface area contributed by atoms with E-state index >= 15 is 0 Å². The van der Waals surface area contributed by atoms with Crippen LogP contribution in [0.1, 0.15) is 419 Å². The third-order valence-corrected chi connectivity index (χ3v) is 16.8. The molecule has 0 aliphatic carbocycles. The highest BCUT2D eigenvalue weighted by Gasteiger charge is 2.20. The van der Waals surface area contributed by atoms with Crippen molar-refractivity contribution >= 4 is 17.9 Å². The normalized spacial score (nSPS) is 12.0. The molecule has 0 fully saturated rings. The molecular weight excluding hydrogens is 973 g/mol. The summed E-state index contributed by atoms with van der Waals surface area (Å²) in [5.74, 6) is -0.827. The standard InChI is InChI=1S/C73H140O6/c1-4-7-10-13-16-19-22-25-27-29-31-33-35-37-39-40-42-44-46-48-51-54-57-60-63-66-72(75)78-69-70(68-77-71(74)65-62-59-56-53-50-24-21-18-15-12-9-6-3)79-73(76)67-64-61-58-55-52-49-47-45-43-41-38-36-34-32-30-28-26-23-20-17-14-11-8-5-2/h29,31,70H,4-28,30,32-69H2,1-3H3/b31-29-. The fourth-order valence-corrected chi connectivity index (χ4v) is 11.3. The van der Waals surface area contributed by atoms with Crippen LogP contribution in [0, 0.1) is 0 Å². The predicted octanol–water partition coefficient (Wildman–Crippen LogP) is 24.8. The number of carbonyl (C=O) groups excluding carboxylic acids is 3. The molecular formula is C73H140O6. The molecule has 0 amide bonds. The van der Waals surface area contributed by atoms with Crippen LogP contribution in [-0.2, 0) is 28.6 Å². The van der Waals surface area contributed by atoms with E-state index in [-0.39, 0.29) is 31.1 Å². The Morgan fingerprint density at radius 3 is 0.633 bits per heavy atom. The molecule has 0 N–H and O–H groups in total. The Morgan fingerprint density at radius 1 is 0.241 bits per heavy atom. The number of rotatable bonds is 68. The van der Waals surface area contributed by atoms with Crippen molar-refractivity contribution < 1.29 is 28.6 Å². The Hall–Kier alpha value is -1.85. The first kappa shape index (κ1) is 77.2. The van der Waals surface area contributed by atoms with E-state index in [9.17, 15) is 14.4 Å². The van der Waals surface area contributed by atoms with Gasteiger partial charge in [-0.15, -0.1) is 0 Å². The highest BCUT2D eigenvalue weighted by atomic mass is 16.6. The average Bonchev–Trinajstić information content (AvgIpc) is 3.45. The van der Waals surface area contributed by atoms with Gasteiger partial charge in [0.05, 0.1) is 0 Å². The highest BCUT2D eigenvalue weighted by molar-refractivity contribution is 5.71. The fraction of sp³-hybridized carbons (Fsp3) is 0.932. The van der Waals surface area contributed by atoms with Gasteiger partial charge in [0.2, 0.25) is 0 Å². The summed E-state index contributed by atoms with van der Waals surface area (Å²) in [6.07, 6.45) is 82.5. The first-order chi connectivity index (χ1) is 39.0. The molecule has 79 heavy (non-hydrogen) atoms. The van der Waals surface area contributed by atoms with Crippen molar-refractivity contribution in [3.05, 3.63) is 12.2 Å².